The number of nitrogens with zero attached hydrogens (tertiary/aromatic N) is 1. The van der Waals surface area contributed by atoms with Crippen LogP contribution >= 0.6 is 0 Å². The highest BCUT2D eigenvalue weighted by Gasteiger charge is 2.16. The summed E-state index contributed by atoms with van der Waals surface area (Å²) in [5.74, 6) is 0.677. The first kappa shape index (κ1) is 16.9. The number of urea groups is 1. The van der Waals surface area contributed by atoms with Gasteiger partial charge in [-0.05, 0) is 57.5 Å². The molecule has 0 fully saturated rings. The van der Waals surface area contributed by atoms with E-state index in [9.17, 15) is 4.79 Å². The lowest BCUT2D eigenvalue weighted by Crippen LogP contribution is -2.35. The Bertz CT molecular complexity index is 668. The monoisotopic (exact) mass is 312 g/mol. The number of amides is 2. The zero-order valence-corrected chi connectivity index (χ0v) is 14.2. The normalized spacial score (nSPS) is 10.5. The first-order chi connectivity index (χ1) is 11.0. The summed E-state index contributed by atoms with van der Waals surface area (Å²) >= 11 is 0. The molecule has 122 valence electrons. The Morgan fingerprint density at radius 2 is 1.91 bits per heavy atom. The zero-order valence-electron chi connectivity index (χ0n) is 14.2. The molecule has 2 aromatic rings. The lowest BCUT2D eigenvalue weighted by Gasteiger charge is -2.23. The van der Waals surface area contributed by atoms with E-state index in [0.29, 0.717) is 18.0 Å². The van der Waals surface area contributed by atoms with Crippen molar-refractivity contribution in [1.29, 1.82) is 0 Å². The summed E-state index contributed by atoms with van der Waals surface area (Å²) in [6.07, 6.45) is 0.0482. The van der Waals surface area contributed by atoms with Crippen molar-refractivity contribution in [2.45, 2.75) is 33.8 Å². The Balaban J connectivity index is 2.20. The van der Waals surface area contributed by atoms with Crippen LogP contribution in [0.3, 0.4) is 0 Å². The number of hydrogen-bond acceptors (Lipinski definition) is 2. The fraction of sp³-hybridized carbons (Fsp3) is 0.316. The average Bonchev–Trinajstić information content (AvgIpc) is 2.49. The average molecular weight is 312 g/mol. The molecule has 2 rings (SSSR count). The van der Waals surface area contributed by atoms with Gasteiger partial charge in [0.2, 0.25) is 0 Å². The van der Waals surface area contributed by atoms with Gasteiger partial charge in [-0.25, -0.2) is 4.79 Å². The Kier molecular flexibility index (Phi) is 5.63. The summed E-state index contributed by atoms with van der Waals surface area (Å²) < 4.78 is 5.75. The van der Waals surface area contributed by atoms with Gasteiger partial charge in [-0.2, -0.15) is 0 Å². The molecule has 0 saturated carbocycles. The van der Waals surface area contributed by atoms with Gasteiger partial charge in [-0.1, -0.05) is 24.3 Å². The summed E-state index contributed by atoms with van der Waals surface area (Å²) in [5.41, 5.74) is 2.68. The number of anilines is 2. The van der Waals surface area contributed by atoms with Crippen LogP contribution in [0.15, 0.2) is 48.5 Å². The Morgan fingerprint density at radius 1 is 1.17 bits per heavy atom. The van der Waals surface area contributed by atoms with Crippen molar-refractivity contribution in [2.24, 2.45) is 0 Å². The van der Waals surface area contributed by atoms with Crippen LogP contribution in [0, 0.1) is 6.92 Å². The van der Waals surface area contributed by atoms with Gasteiger partial charge in [0.15, 0.2) is 0 Å². The van der Waals surface area contributed by atoms with E-state index in [-0.39, 0.29) is 12.1 Å². The number of rotatable bonds is 5. The van der Waals surface area contributed by atoms with E-state index in [2.05, 4.69) is 5.32 Å². The van der Waals surface area contributed by atoms with E-state index in [0.717, 1.165) is 11.3 Å². The molecule has 4 heteroatoms. The lowest BCUT2D eigenvalue weighted by atomic mass is 10.2. The van der Waals surface area contributed by atoms with Crippen molar-refractivity contribution < 1.29 is 9.53 Å². The van der Waals surface area contributed by atoms with Crippen LogP contribution in [0.1, 0.15) is 26.3 Å². The molecule has 0 aliphatic rings. The van der Waals surface area contributed by atoms with E-state index in [1.807, 2.05) is 76.2 Å². The Morgan fingerprint density at radius 3 is 2.57 bits per heavy atom. The molecule has 0 saturated heterocycles. The molecular formula is C19H24N2O2. The fourth-order valence-corrected chi connectivity index (χ4v) is 2.35. The second kappa shape index (κ2) is 7.68. The van der Waals surface area contributed by atoms with Crippen LogP contribution < -0.4 is 15.0 Å². The highest BCUT2D eigenvalue weighted by Crippen LogP contribution is 2.26. The number of para-hydroxylation sites is 2. The molecule has 1 N–H and O–H groups in total. The van der Waals surface area contributed by atoms with E-state index in [1.54, 1.807) is 4.90 Å². The SMILES string of the molecule is CCN(C(=O)Nc1ccccc1OC(C)C)c1cccc(C)c1. The molecule has 0 heterocycles. The Hall–Kier alpha value is -2.49. The first-order valence-electron chi connectivity index (χ1n) is 7.92. The number of benzene rings is 2. The van der Waals surface area contributed by atoms with Crippen LogP contribution in [-0.2, 0) is 0 Å². The van der Waals surface area contributed by atoms with Crippen LogP contribution in [0.5, 0.6) is 5.75 Å². The summed E-state index contributed by atoms with van der Waals surface area (Å²) in [5, 5.41) is 2.95. The minimum atomic E-state index is -0.169. The first-order valence-corrected chi connectivity index (χ1v) is 7.92. The van der Waals surface area contributed by atoms with Crippen molar-refractivity contribution in [2.75, 3.05) is 16.8 Å². The minimum Gasteiger partial charge on any atom is -0.489 e. The predicted octanol–water partition coefficient (Wildman–Crippen LogP) is 4.84. The quantitative estimate of drug-likeness (QED) is 0.858. The predicted molar refractivity (Wildman–Crippen MR) is 95.4 cm³/mol. The van der Waals surface area contributed by atoms with Crippen LogP contribution in [0.4, 0.5) is 16.2 Å². The third kappa shape index (κ3) is 4.49. The summed E-state index contributed by atoms with van der Waals surface area (Å²) in [7, 11) is 0. The van der Waals surface area contributed by atoms with Gasteiger partial charge in [0.1, 0.15) is 5.75 Å². The molecule has 0 aromatic heterocycles. The van der Waals surface area contributed by atoms with Gasteiger partial charge in [0, 0.05) is 12.2 Å². The van der Waals surface area contributed by atoms with Gasteiger partial charge >= 0.3 is 6.03 Å². The molecule has 0 spiro atoms. The molecule has 0 radical (unpaired) electrons. The maximum atomic E-state index is 12.7. The molecule has 4 nitrogen and oxygen atoms in total. The van der Waals surface area contributed by atoms with Crippen molar-refractivity contribution in [3.05, 3.63) is 54.1 Å². The van der Waals surface area contributed by atoms with Crippen LogP contribution in [-0.4, -0.2) is 18.7 Å². The highest BCUT2D eigenvalue weighted by atomic mass is 16.5. The standard InChI is InChI=1S/C19H24N2O2/c1-5-21(16-10-8-9-15(4)13-16)19(22)20-17-11-6-7-12-18(17)23-14(2)3/h6-14H,5H2,1-4H3,(H,20,22). The van der Waals surface area contributed by atoms with Gasteiger partial charge in [-0.3, -0.25) is 4.90 Å². The summed E-state index contributed by atoms with van der Waals surface area (Å²) in [6.45, 7) is 8.48. The van der Waals surface area contributed by atoms with E-state index in [4.69, 9.17) is 4.74 Å². The number of aryl methyl sites for hydroxylation is 1. The van der Waals surface area contributed by atoms with Crippen molar-refractivity contribution >= 4 is 17.4 Å². The van der Waals surface area contributed by atoms with Crippen LogP contribution in [0.2, 0.25) is 0 Å². The van der Waals surface area contributed by atoms with E-state index in [1.165, 1.54) is 0 Å². The molecule has 2 aromatic carbocycles. The van der Waals surface area contributed by atoms with Gasteiger partial charge in [0.05, 0.1) is 11.8 Å². The maximum absolute atomic E-state index is 12.7. The number of nitrogens with one attached hydrogen (secondary N) is 1. The van der Waals surface area contributed by atoms with Crippen molar-refractivity contribution in [3.8, 4) is 5.75 Å². The van der Waals surface area contributed by atoms with Gasteiger partial charge in [0.25, 0.3) is 0 Å². The highest BCUT2D eigenvalue weighted by molar-refractivity contribution is 6.02. The zero-order chi connectivity index (χ0) is 16.8. The third-order valence-electron chi connectivity index (χ3n) is 3.37. The molecule has 0 unspecified atom stereocenters. The second-order valence-electron chi connectivity index (χ2n) is 5.68. The molecule has 0 aliphatic carbocycles. The lowest BCUT2D eigenvalue weighted by molar-refractivity contribution is 0.242. The number of carbonyl (C=O) groups is 1. The molecule has 2 amide bonds. The van der Waals surface area contributed by atoms with Gasteiger partial charge < -0.3 is 10.1 Å². The smallest absolute Gasteiger partial charge is 0.326 e. The van der Waals surface area contributed by atoms with E-state index < -0.39 is 0 Å². The number of ether oxygens (including phenoxy) is 1. The van der Waals surface area contributed by atoms with Crippen LogP contribution in [0.25, 0.3) is 0 Å². The van der Waals surface area contributed by atoms with Crippen molar-refractivity contribution in [1.82, 2.24) is 0 Å². The number of hydrogen-bond donors (Lipinski definition) is 1. The summed E-state index contributed by atoms with van der Waals surface area (Å²) in [6, 6.07) is 15.2. The van der Waals surface area contributed by atoms with Gasteiger partial charge in [-0.15, -0.1) is 0 Å². The maximum Gasteiger partial charge on any atom is 0.326 e. The topological polar surface area (TPSA) is 41.6 Å². The Labute approximate surface area is 138 Å². The molecule has 23 heavy (non-hydrogen) atoms. The number of carbonyl (C=O) groups excluding carboxylic acids is 1. The second-order valence-corrected chi connectivity index (χ2v) is 5.68. The minimum absolute atomic E-state index is 0.0482. The largest absolute Gasteiger partial charge is 0.489 e. The summed E-state index contributed by atoms with van der Waals surface area (Å²) in [4.78, 5) is 14.4. The fourth-order valence-electron chi connectivity index (χ4n) is 2.35. The molecule has 0 aliphatic heterocycles. The third-order valence-corrected chi connectivity index (χ3v) is 3.37. The van der Waals surface area contributed by atoms with E-state index >= 15 is 0 Å². The van der Waals surface area contributed by atoms with Crippen molar-refractivity contribution in [3.63, 3.8) is 0 Å². The molecule has 0 bridgehead atoms. The molecular weight excluding hydrogens is 288 g/mol. The molecule has 0 atom stereocenters.